The molecule has 0 unspecified atom stereocenters. The maximum Gasteiger partial charge on any atom is 0.337 e. The van der Waals surface area contributed by atoms with E-state index in [-0.39, 0.29) is 16.3 Å². The summed E-state index contributed by atoms with van der Waals surface area (Å²) < 4.78 is 1.92. The number of carboxylic acid groups (broad SMARTS) is 1. The zero-order valence-corrected chi connectivity index (χ0v) is 16.1. The number of aromatic carboxylic acids is 1. The minimum atomic E-state index is -1.08. The Morgan fingerprint density at radius 1 is 1.11 bits per heavy atom. The molecule has 1 aromatic heterocycles. The highest BCUT2D eigenvalue weighted by Gasteiger charge is 2.14. The van der Waals surface area contributed by atoms with E-state index in [9.17, 15) is 15.0 Å². The van der Waals surface area contributed by atoms with E-state index < -0.39 is 5.97 Å². The molecule has 0 radical (unpaired) electrons. The molecule has 0 aliphatic rings. The van der Waals surface area contributed by atoms with Crippen LogP contribution in [0.3, 0.4) is 0 Å². The first kappa shape index (κ1) is 19.0. The average Bonchev–Trinajstić information content (AvgIpc) is 2.88. The van der Waals surface area contributed by atoms with Crippen molar-refractivity contribution in [2.75, 3.05) is 0 Å². The van der Waals surface area contributed by atoms with Gasteiger partial charge >= 0.3 is 5.97 Å². The predicted octanol–water partition coefficient (Wildman–Crippen LogP) is 5.56. The first-order valence-electron chi connectivity index (χ1n) is 8.02. The van der Waals surface area contributed by atoms with Crippen LogP contribution in [0.4, 0.5) is 5.69 Å². The number of nitrogens with zero attached hydrogens (tertiary/aromatic N) is 2. The number of halogens is 2. The molecular formula is C20H16Cl2N2O3. The van der Waals surface area contributed by atoms with Crippen molar-refractivity contribution in [3.8, 4) is 11.4 Å². The van der Waals surface area contributed by atoms with Crippen LogP contribution in [0.5, 0.6) is 5.75 Å². The van der Waals surface area contributed by atoms with Crippen LogP contribution in [0.1, 0.15) is 27.3 Å². The number of aromatic hydroxyl groups is 1. The fraction of sp³-hybridized carbons (Fsp3) is 0.100. The molecule has 1 heterocycles. The van der Waals surface area contributed by atoms with Crippen molar-refractivity contribution in [1.29, 1.82) is 0 Å². The number of phenols is 1. The van der Waals surface area contributed by atoms with Gasteiger partial charge in [-0.3, -0.25) is 4.99 Å². The monoisotopic (exact) mass is 402 g/mol. The number of benzene rings is 2. The van der Waals surface area contributed by atoms with Crippen LogP contribution < -0.4 is 0 Å². The third-order valence-corrected chi connectivity index (χ3v) is 4.75. The van der Waals surface area contributed by atoms with Gasteiger partial charge in [-0.25, -0.2) is 4.79 Å². The van der Waals surface area contributed by atoms with E-state index in [0.717, 1.165) is 17.0 Å². The Morgan fingerprint density at radius 3 is 2.52 bits per heavy atom. The molecule has 0 saturated carbocycles. The lowest BCUT2D eigenvalue weighted by molar-refractivity contribution is 0.0697. The first-order valence-corrected chi connectivity index (χ1v) is 8.78. The summed E-state index contributed by atoms with van der Waals surface area (Å²) in [7, 11) is 0. The quantitative estimate of drug-likeness (QED) is 0.561. The fourth-order valence-corrected chi connectivity index (χ4v) is 3.24. The number of carboxylic acids is 1. The average molecular weight is 403 g/mol. The number of aromatic nitrogens is 1. The molecule has 2 N–H and O–H groups in total. The SMILES string of the molecule is Cc1cc(C=Nc2ccc(Cl)cc2O)c(C)n1-c1ccc(Cl)c(C(=O)O)c1. The standard InChI is InChI=1S/C20H16Cl2N2O3/c1-11-7-13(10-23-18-6-3-14(21)8-19(18)25)12(2)24(11)15-4-5-17(22)16(9-15)20(26)27/h3-10,25H,1-2H3,(H,26,27). The Hall–Kier alpha value is -2.76. The number of aryl methyl sites for hydroxylation is 1. The lowest BCUT2D eigenvalue weighted by atomic mass is 10.2. The smallest absolute Gasteiger partial charge is 0.337 e. The van der Waals surface area contributed by atoms with Crippen LogP contribution in [0.25, 0.3) is 5.69 Å². The number of hydrogen-bond acceptors (Lipinski definition) is 3. The van der Waals surface area contributed by atoms with Gasteiger partial charge in [0.1, 0.15) is 11.4 Å². The van der Waals surface area contributed by atoms with Gasteiger partial charge in [0.2, 0.25) is 0 Å². The summed E-state index contributed by atoms with van der Waals surface area (Å²) in [5, 5.41) is 19.8. The summed E-state index contributed by atoms with van der Waals surface area (Å²) in [6.45, 7) is 3.82. The molecule has 7 heteroatoms. The lowest BCUT2D eigenvalue weighted by Gasteiger charge is -2.11. The maximum absolute atomic E-state index is 11.3. The van der Waals surface area contributed by atoms with E-state index in [1.807, 2.05) is 24.5 Å². The summed E-state index contributed by atoms with van der Waals surface area (Å²) >= 11 is 11.8. The van der Waals surface area contributed by atoms with Crippen LogP contribution in [-0.4, -0.2) is 27.0 Å². The van der Waals surface area contributed by atoms with Crippen molar-refractivity contribution in [2.45, 2.75) is 13.8 Å². The van der Waals surface area contributed by atoms with E-state index in [2.05, 4.69) is 4.99 Å². The van der Waals surface area contributed by atoms with Gasteiger partial charge < -0.3 is 14.8 Å². The van der Waals surface area contributed by atoms with Crippen LogP contribution in [0, 0.1) is 13.8 Å². The van der Waals surface area contributed by atoms with E-state index in [0.29, 0.717) is 16.4 Å². The predicted molar refractivity (Wildman–Crippen MR) is 108 cm³/mol. The largest absolute Gasteiger partial charge is 0.506 e. The molecule has 0 atom stereocenters. The molecule has 138 valence electrons. The van der Waals surface area contributed by atoms with Crippen molar-refractivity contribution in [2.24, 2.45) is 4.99 Å². The van der Waals surface area contributed by atoms with Gasteiger partial charge in [-0.05, 0) is 50.2 Å². The van der Waals surface area contributed by atoms with E-state index in [1.165, 1.54) is 12.1 Å². The van der Waals surface area contributed by atoms with Gasteiger partial charge in [-0.2, -0.15) is 0 Å². The second kappa shape index (κ2) is 7.47. The molecule has 2 aromatic carbocycles. The third-order valence-electron chi connectivity index (χ3n) is 4.19. The van der Waals surface area contributed by atoms with Gasteiger partial charge in [0.05, 0.1) is 10.6 Å². The van der Waals surface area contributed by atoms with Crippen LogP contribution in [0.2, 0.25) is 10.0 Å². The molecule has 3 aromatic rings. The molecule has 27 heavy (non-hydrogen) atoms. The van der Waals surface area contributed by atoms with Crippen molar-refractivity contribution in [3.05, 3.63) is 75.0 Å². The van der Waals surface area contributed by atoms with E-state index in [4.69, 9.17) is 23.2 Å². The molecule has 0 amide bonds. The molecule has 0 fully saturated rings. The zero-order chi connectivity index (χ0) is 19.7. The molecule has 0 aliphatic heterocycles. The number of hydrogen-bond donors (Lipinski definition) is 2. The number of phenolic OH excluding ortho intramolecular Hbond substituents is 1. The number of carbonyl (C=O) groups is 1. The molecule has 0 bridgehead atoms. The Labute approximate surface area is 166 Å². The van der Waals surface area contributed by atoms with Crippen LogP contribution in [0.15, 0.2) is 47.5 Å². The van der Waals surface area contributed by atoms with Crippen molar-refractivity contribution >= 4 is 41.1 Å². The summed E-state index contributed by atoms with van der Waals surface area (Å²) in [5.41, 5.74) is 3.78. The number of rotatable bonds is 4. The molecular weight excluding hydrogens is 387 g/mol. The van der Waals surface area contributed by atoms with Crippen molar-refractivity contribution in [3.63, 3.8) is 0 Å². The normalized spacial score (nSPS) is 11.3. The fourth-order valence-electron chi connectivity index (χ4n) is 2.88. The Kier molecular flexibility index (Phi) is 5.26. The number of aliphatic imine (C=N–C) groups is 1. The van der Waals surface area contributed by atoms with Crippen LogP contribution >= 0.6 is 23.2 Å². The van der Waals surface area contributed by atoms with Gasteiger partial charge in [0, 0.05) is 39.9 Å². The van der Waals surface area contributed by atoms with Gasteiger partial charge in [0.15, 0.2) is 0 Å². The summed E-state index contributed by atoms with van der Waals surface area (Å²) in [6, 6.07) is 11.5. The second-order valence-electron chi connectivity index (χ2n) is 6.02. The van der Waals surface area contributed by atoms with Gasteiger partial charge in [0.25, 0.3) is 0 Å². The van der Waals surface area contributed by atoms with E-state index in [1.54, 1.807) is 30.5 Å². The van der Waals surface area contributed by atoms with Gasteiger partial charge in [-0.15, -0.1) is 0 Å². The summed E-state index contributed by atoms with van der Waals surface area (Å²) in [4.78, 5) is 15.7. The Balaban J connectivity index is 2.02. The first-order chi connectivity index (χ1) is 12.8. The van der Waals surface area contributed by atoms with Crippen LogP contribution in [-0.2, 0) is 0 Å². The topological polar surface area (TPSA) is 74.8 Å². The minimum Gasteiger partial charge on any atom is -0.506 e. The summed E-state index contributed by atoms with van der Waals surface area (Å²) in [6.07, 6.45) is 1.65. The lowest BCUT2D eigenvalue weighted by Crippen LogP contribution is -2.03. The van der Waals surface area contributed by atoms with Crippen molar-refractivity contribution < 1.29 is 15.0 Å². The summed E-state index contributed by atoms with van der Waals surface area (Å²) in [5.74, 6) is -1.08. The molecule has 3 rings (SSSR count). The van der Waals surface area contributed by atoms with E-state index >= 15 is 0 Å². The third kappa shape index (κ3) is 3.84. The molecule has 0 saturated heterocycles. The highest BCUT2D eigenvalue weighted by molar-refractivity contribution is 6.33. The second-order valence-corrected chi connectivity index (χ2v) is 6.87. The highest BCUT2D eigenvalue weighted by Crippen LogP contribution is 2.30. The highest BCUT2D eigenvalue weighted by atomic mass is 35.5. The minimum absolute atomic E-state index is 0.00337. The Bertz CT molecular complexity index is 1070. The zero-order valence-electron chi connectivity index (χ0n) is 14.6. The Morgan fingerprint density at radius 2 is 1.85 bits per heavy atom. The molecule has 0 aliphatic carbocycles. The molecule has 5 nitrogen and oxygen atoms in total. The van der Waals surface area contributed by atoms with Gasteiger partial charge in [-0.1, -0.05) is 23.2 Å². The maximum atomic E-state index is 11.3. The van der Waals surface area contributed by atoms with Crippen molar-refractivity contribution in [1.82, 2.24) is 4.57 Å². The molecule has 0 spiro atoms.